The third-order valence-corrected chi connectivity index (χ3v) is 10.5. The Morgan fingerprint density at radius 1 is 0.419 bits per heavy atom. The number of rotatable bonds is 10. The topological polar surface area (TPSA) is 76.3 Å². The van der Waals surface area contributed by atoms with Crippen LogP contribution in [0.25, 0.3) is 43.6 Å². The van der Waals surface area contributed by atoms with Gasteiger partial charge in [-0.25, -0.2) is 9.97 Å². The van der Waals surface area contributed by atoms with Crippen molar-refractivity contribution in [3.8, 4) is 0 Å². The molecule has 0 atom stereocenters. The van der Waals surface area contributed by atoms with Gasteiger partial charge in [0.05, 0.1) is 56.3 Å². The first kappa shape index (κ1) is 49.1. The molecular formula is C50H50Cl4Fe2N6. The SMILES string of the molecule is CCC(=Nc1c(CC)cccc1CC)c1ccc2ccc3cccnc3c2n1.CCC(=Nc1c(CC)cccc1CC)c1ccc2ccc3cccnc3c2n1.[Cl][Fe][Cl].[Cl][Fe][Cl]. The summed E-state index contributed by atoms with van der Waals surface area (Å²) in [7, 11) is 19.1. The van der Waals surface area contributed by atoms with Crippen LogP contribution >= 0.6 is 40.4 Å². The molecule has 0 radical (unpaired) electrons. The van der Waals surface area contributed by atoms with Gasteiger partial charge in [0, 0.05) is 33.9 Å². The number of aryl methyl sites for hydroxylation is 4. The van der Waals surface area contributed by atoms with Crippen LogP contribution in [0.5, 0.6) is 0 Å². The van der Waals surface area contributed by atoms with Crippen LogP contribution in [0.1, 0.15) is 88.0 Å². The van der Waals surface area contributed by atoms with Crippen LogP contribution in [-0.2, 0) is 52.0 Å². The molecule has 4 aromatic carbocycles. The molecule has 0 spiro atoms. The molecule has 4 aromatic heterocycles. The van der Waals surface area contributed by atoms with E-state index in [4.69, 9.17) is 60.3 Å². The van der Waals surface area contributed by atoms with Crippen molar-refractivity contribution in [2.24, 2.45) is 9.98 Å². The summed E-state index contributed by atoms with van der Waals surface area (Å²) in [4.78, 5) is 29.3. The van der Waals surface area contributed by atoms with Gasteiger partial charge in [-0.1, -0.05) is 126 Å². The van der Waals surface area contributed by atoms with Gasteiger partial charge < -0.3 is 0 Å². The predicted octanol–water partition coefficient (Wildman–Crippen LogP) is 15.6. The van der Waals surface area contributed by atoms with E-state index in [1.54, 1.807) is 0 Å². The molecule has 62 heavy (non-hydrogen) atoms. The van der Waals surface area contributed by atoms with Crippen molar-refractivity contribution in [1.82, 2.24) is 19.9 Å². The van der Waals surface area contributed by atoms with E-state index < -0.39 is 0 Å². The molecule has 0 saturated carbocycles. The maximum absolute atomic E-state index is 5.11. The van der Waals surface area contributed by atoms with Crippen LogP contribution in [0.4, 0.5) is 11.4 Å². The predicted molar refractivity (Wildman–Crippen MR) is 261 cm³/mol. The number of para-hydroxylation sites is 2. The van der Waals surface area contributed by atoms with Crippen LogP contribution < -0.4 is 0 Å². The fourth-order valence-corrected chi connectivity index (χ4v) is 7.39. The van der Waals surface area contributed by atoms with Crippen LogP contribution in [0.15, 0.2) is 132 Å². The molecule has 324 valence electrons. The van der Waals surface area contributed by atoms with Gasteiger partial charge in [-0.2, -0.15) is 0 Å². The molecule has 0 fully saturated rings. The summed E-state index contributed by atoms with van der Waals surface area (Å²) in [6, 6.07) is 37.9. The average molecular weight is 988 g/mol. The van der Waals surface area contributed by atoms with E-state index in [2.05, 4.69) is 149 Å². The molecule has 0 aliphatic heterocycles. The summed E-state index contributed by atoms with van der Waals surface area (Å²) in [6.07, 6.45) is 9.22. The van der Waals surface area contributed by atoms with Crippen molar-refractivity contribution in [1.29, 1.82) is 0 Å². The maximum atomic E-state index is 5.11. The van der Waals surface area contributed by atoms with Gasteiger partial charge in [-0.3, -0.25) is 20.0 Å². The van der Waals surface area contributed by atoms with Gasteiger partial charge in [0.2, 0.25) is 0 Å². The van der Waals surface area contributed by atoms with Gasteiger partial charge in [0.1, 0.15) is 0 Å². The third kappa shape index (κ3) is 12.2. The zero-order valence-corrected chi connectivity index (χ0v) is 40.9. The monoisotopic (exact) mass is 986 g/mol. The second kappa shape index (κ2) is 25.4. The molecule has 8 aromatic rings. The first-order chi connectivity index (χ1) is 30.3. The Labute approximate surface area is 395 Å². The Morgan fingerprint density at radius 2 is 0.726 bits per heavy atom. The van der Waals surface area contributed by atoms with Crippen LogP contribution in [0.3, 0.4) is 0 Å². The van der Waals surface area contributed by atoms with E-state index in [1.807, 2.05) is 24.5 Å². The van der Waals surface area contributed by atoms with Crippen molar-refractivity contribution in [3.05, 3.63) is 155 Å². The third-order valence-electron chi connectivity index (χ3n) is 10.5. The number of benzene rings is 4. The Kier molecular flexibility index (Phi) is 20.1. The number of hydrogen-bond donors (Lipinski definition) is 0. The van der Waals surface area contributed by atoms with Crippen molar-refractivity contribution in [2.75, 3.05) is 0 Å². The Morgan fingerprint density at radius 3 is 1.03 bits per heavy atom. The number of hydrogen-bond acceptors (Lipinski definition) is 6. The number of aromatic nitrogens is 4. The minimum atomic E-state index is 0.194. The molecule has 0 saturated heterocycles. The first-order valence-electron chi connectivity index (χ1n) is 20.7. The van der Waals surface area contributed by atoms with E-state index >= 15 is 0 Å². The summed E-state index contributed by atoms with van der Waals surface area (Å²) in [6.45, 7) is 13.0. The van der Waals surface area contributed by atoms with Gasteiger partial charge in [0.25, 0.3) is 0 Å². The Balaban J connectivity index is 0.000000208. The molecule has 12 heteroatoms. The zero-order valence-electron chi connectivity index (χ0n) is 35.7. The van der Waals surface area contributed by atoms with Gasteiger partial charge in [-0.15, -0.1) is 0 Å². The molecule has 0 aliphatic carbocycles. The normalized spacial score (nSPS) is 11.6. The van der Waals surface area contributed by atoms with Gasteiger partial charge in [-0.05, 0) is 85.0 Å². The van der Waals surface area contributed by atoms with E-state index in [-0.39, 0.29) is 26.3 Å². The van der Waals surface area contributed by atoms with Crippen LogP contribution in [0, 0.1) is 0 Å². The number of nitrogens with zero attached hydrogens (tertiary/aromatic N) is 6. The van der Waals surface area contributed by atoms with Gasteiger partial charge >= 0.3 is 66.7 Å². The average Bonchev–Trinajstić information content (AvgIpc) is 3.32. The minimum absolute atomic E-state index is 0.194. The molecule has 0 unspecified atom stereocenters. The number of pyridine rings is 4. The van der Waals surface area contributed by atoms with Crippen molar-refractivity contribution < 1.29 is 26.3 Å². The van der Waals surface area contributed by atoms with Gasteiger partial charge in [0.15, 0.2) is 0 Å². The molecule has 0 N–H and O–H groups in total. The molecule has 4 heterocycles. The second-order valence-corrected chi connectivity index (χ2v) is 17.7. The Hall–Kier alpha value is -3.94. The molecule has 6 nitrogen and oxygen atoms in total. The first-order valence-corrected chi connectivity index (χ1v) is 26.8. The fourth-order valence-electron chi connectivity index (χ4n) is 7.39. The number of aliphatic imine (C=N–C) groups is 2. The zero-order chi connectivity index (χ0) is 44.4. The summed E-state index contributed by atoms with van der Waals surface area (Å²) < 4.78 is 0. The van der Waals surface area contributed by atoms with Crippen molar-refractivity contribution >= 4 is 107 Å². The second-order valence-electron chi connectivity index (χ2n) is 14.0. The number of halogens is 4. The standard InChI is InChI=1S/2C25H25N3.4ClH.2Fe/c2*1-4-17-9-7-10-18(5-2)23(17)27-21(6-3)22-15-14-20-13-12-19-11-8-16-26-24(19)25(20)28-22;;;;;;/h2*7-16H,4-6H2,1-3H3;4*1H;;/q;;;;;;2*+2/p-4. The van der Waals surface area contributed by atoms with Crippen LogP contribution in [-0.4, -0.2) is 31.4 Å². The molecule has 0 bridgehead atoms. The van der Waals surface area contributed by atoms with Crippen molar-refractivity contribution in [3.63, 3.8) is 0 Å². The molecule has 8 rings (SSSR count). The quantitative estimate of drug-likeness (QED) is 0.0777. The van der Waals surface area contributed by atoms with E-state index in [0.717, 1.165) is 116 Å². The van der Waals surface area contributed by atoms with E-state index in [1.165, 1.54) is 22.3 Å². The summed E-state index contributed by atoms with van der Waals surface area (Å²) in [5.41, 5.74) is 15.1. The summed E-state index contributed by atoms with van der Waals surface area (Å²) in [5.74, 6) is 0. The molecule has 0 amide bonds. The van der Waals surface area contributed by atoms with E-state index in [0.29, 0.717) is 0 Å². The molecular weight excluding hydrogens is 938 g/mol. The number of fused-ring (bicyclic) bond motifs is 6. The fraction of sp³-hybridized carbons (Fsp3) is 0.240. The molecule has 0 aliphatic rings. The summed E-state index contributed by atoms with van der Waals surface area (Å²) >= 11 is 0.389. The Bertz CT molecular complexity index is 2560. The van der Waals surface area contributed by atoms with Crippen LogP contribution in [0.2, 0.25) is 0 Å². The summed E-state index contributed by atoms with van der Waals surface area (Å²) in [5, 5.41) is 4.43. The van der Waals surface area contributed by atoms with E-state index in [9.17, 15) is 0 Å². The van der Waals surface area contributed by atoms with Crippen molar-refractivity contribution in [2.45, 2.75) is 80.1 Å².